The van der Waals surface area contributed by atoms with Gasteiger partial charge in [0.25, 0.3) is 5.91 Å². The molecule has 0 aromatic heterocycles. The SMILES string of the molecule is COC(=O)c1cc(NC(=O)CN2C(=O)NC(CCc3ccccc3)C2=O)cc(C(=O)OC)c1. The van der Waals surface area contributed by atoms with E-state index < -0.39 is 42.4 Å². The van der Waals surface area contributed by atoms with Crippen molar-refractivity contribution in [3.8, 4) is 0 Å². The molecule has 0 saturated carbocycles. The molecular weight excluding hydrogens is 430 g/mol. The number of urea groups is 1. The highest BCUT2D eigenvalue weighted by atomic mass is 16.5. The summed E-state index contributed by atoms with van der Waals surface area (Å²) in [7, 11) is 2.36. The van der Waals surface area contributed by atoms with Crippen LogP contribution in [-0.4, -0.2) is 61.5 Å². The molecule has 1 saturated heterocycles. The van der Waals surface area contributed by atoms with Crippen LogP contribution in [-0.2, 0) is 25.5 Å². The Bertz CT molecular complexity index is 1050. The fourth-order valence-electron chi connectivity index (χ4n) is 3.39. The average molecular weight is 453 g/mol. The Labute approximate surface area is 189 Å². The number of anilines is 1. The number of rotatable bonds is 8. The van der Waals surface area contributed by atoms with Gasteiger partial charge in [-0.25, -0.2) is 14.4 Å². The minimum absolute atomic E-state index is 0.0201. The summed E-state index contributed by atoms with van der Waals surface area (Å²) in [5.41, 5.74) is 1.18. The topological polar surface area (TPSA) is 131 Å². The Hall–Kier alpha value is -4.21. The molecule has 0 radical (unpaired) electrons. The van der Waals surface area contributed by atoms with Crippen LogP contribution in [0.3, 0.4) is 0 Å². The number of benzene rings is 2. The van der Waals surface area contributed by atoms with Crippen LogP contribution in [0.2, 0.25) is 0 Å². The van der Waals surface area contributed by atoms with Gasteiger partial charge in [0.2, 0.25) is 5.91 Å². The Morgan fingerprint density at radius 1 is 0.970 bits per heavy atom. The first-order chi connectivity index (χ1) is 15.8. The molecule has 0 spiro atoms. The number of nitrogens with one attached hydrogen (secondary N) is 2. The standard InChI is InChI=1S/C23H23N3O7/c1-32-21(29)15-10-16(22(30)33-2)12-17(11-15)24-19(27)13-26-20(28)18(25-23(26)31)9-8-14-6-4-3-5-7-14/h3-7,10-12,18H,8-9,13H2,1-2H3,(H,24,27)(H,25,31). The first kappa shape index (κ1) is 23.5. The van der Waals surface area contributed by atoms with Crippen LogP contribution in [0.4, 0.5) is 10.5 Å². The molecule has 1 aliphatic rings. The number of amides is 4. The number of hydrogen-bond acceptors (Lipinski definition) is 7. The molecule has 1 heterocycles. The highest BCUT2D eigenvalue weighted by Gasteiger charge is 2.38. The normalized spacial score (nSPS) is 15.1. The van der Waals surface area contributed by atoms with Crippen molar-refractivity contribution in [2.45, 2.75) is 18.9 Å². The van der Waals surface area contributed by atoms with E-state index in [2.05, 4.69) is 20.1 Å². The predicted molar refractivity (Wildman–Crippen MR) is 117 cm³/mol. The molecule has 10 heteroatoms. The Balaban J connectivity index is 1.66. The molecule has 33 heavy (non-hydrogen) atoms. The number of ether oxygens (including phenoxy) is 2. The van der Waals surface area contributed by atoms with E-state index in [4.69, 9.17) is 0 Å². The van der Waals surface area contributed by atoms with E-state index in [9.17, 15) is 24.0 Å². The van der Waals surface area contributed by atoms with E-state index >= 15 is 0 Å². The van der Waals surface area contributed by atoms with Crippen molar-refractivity contribution in [3.63, 3.8) is 0 Å². The van der Waals surface area contributed by atoms with Gasteiger partial charge in [0.1, 0.15) is 12.6 Å². The summed E-state index contributed by atoms with van der Waals surface area (Å²) in [5.74, 6) is -2.61. The van der Waals surface area contributed by atoms with Gasteiger partial charge < -0.3 is 20.1 Å². The van der Waals surface area contributed by atoms with Crippen LogP contribution < -0.4 is 10.6 Å². The quantitative estimate of drug-likeness (QED) is 0.460. The molecule has 2 aromatic rings. The maximum absolute atomic E-state index is 12.6. The summed E-state index contributed by atoms with van der Waals surface area (Å²) >= 11 is 0. The second-order valence-corrected chi connectivity index (χ2v) is 7.28. The summed E-state index contributed by atoms with van der Waals surface area (Å²) in [4.78, 5) is 62.0. The molecule has 0 aliphatic carbocycles. The fraction of sp³-hybridized carbons (Fsp3) is 0.261. The molecule has 2 N–H and O–H groups in total. The smallest absolute Gasteiger partial charge is 0.337 e. The van der Waals surface area contributed by atoms with Crippen molar-refractivity contribution in [3.05, 3.63) is 65.2 Å². The van der Waals surface area contributed by atoms with Gasteiger partial charge in [-0.3, -0.25) is 14.5 Å². The van der Waals surface area contributed by atoms with Gasteiger partial charge in [0, 0.05) is 5.69 Å². The van der Waals surface area contributed by atoms with E-state index in [1.807, 2.05) is 30.3 Å². The van der Waals surface area contributed by atoms with Crippen molar-refractivity contribution >= 4 is 35.5 Å². The van der Waals surface area contributed by atoms with Crippen molar-refractivity contribution in [1.29, 1.82) is 0 Å². The molecule has 172 valence electrons. The molecule has 1 aliphatic heterocycles. The van der Waals surface area contributed by atoms with Gasteiger partial charge in [0.15, 0.2) is 0 Å². The van der Waals surface area contributed by atoms with Crippen molar-refractivity contribution < 1.29 is 33.4 Å². The van der Waals surface area contributed by atoms with E-state index in [-0.39, 0.29) is 16.8 Å². The highest BCUT2D eigenvalue weighted by molar-refractivity contribution is 6.08. The maximum atomic E-state index is 12.6. The zero-order valence-corrected chi connectivity index (χ0v) is 18.1. The number of carbonyl (C=O) groups excluding carboxylic acids is 5. The minimum atomic E-state index is -0.723. The van der Waals surface area contributed by atoms with Crippen molar-refractivity contribution in [2.24, 2.45) is 0 Å². The fourth-order valence-corrected chi connectivity index (χ4v) is 3.39. The van der Waals surface area contributed by atoms with Crippen molar-refractivity contribution in [2.75, 3.05) is 26.1 Å². The largest absolute Gasteiger partial charge is 0.465 e. The van der Waals surface area contributed by atoms with Crippen LogP contribution in [0, 0.1) is 0 Å². The molecule has 4 amide bonds. The lowest BCUT2D eigenvalue weighted by Gasteiger charge is -2.14. The second-order valence-electron chi connectivity index (χ2n) is 7.28. The Morgan fingerprint density at radius 2 is 1.58 bits per heavy atom. The van der Waals surface area contributed by atoms with Crippen LogP contribution in [0.5, 0.6) is 0 Å². The lowest BCUT2D eigenvalue weighted by Crippen LogP contribution is -2.38. The van der Waals surface area contributed by atoms with Crippen LogP contribution in [0.15, 0.2) is 48.5 Å². The Morgan fingerprint density at radius 3 is 2.15 bits per heavy atom. The second kappa shape index (κ2) is 10.4. The van der Waals surface area contributed by atoms with Crippen LogP contribution in [0.25, 0.3) is 0 Å². The summed E-state index contributed by atoms with van der Waals surface area (Å²) < 4.78 is 9.31. The number of nitrogens with zero attached hydrogens (tertiary/aromatic N) is 1. The molecule has 3 rings (SSSR count). The first-order valence-corrected chi connectivity index (χ1v) is 10.1. The maximum Gasteiger partial charge on any atom is 0.337 e. The summed E-state index contributed by atoms with van der Waals surface area (Å²) in [6.07, 6.45) is 0.991. The van der Waals surface area contributed by atoms with E-state index in [0.717, 1.165) is 10.5 Å². The molecule has 1 fully saturated rings. The van der Waals surface area contributed by atoms with Crippen LogP contribution in [0.1, 0.15) is 32.7 Å². The van der Waals surface area contributed by atoms with E-state index in [0.29, 0.717) is 12.8 Å². The third-order valence-corrected chi connectivity index (χ3v) is 5.03. The number of methoxy groups -OCH3 is 2. The van der Waals surface area contributed by atoms with Gasteiger partial charge >= 0.3 is 18.0 Å². The number of imide groups is 1. The van der Waals surface area contributed by atoms with E-state index in [1.165, 1.54) is 32.4 Å². The lowest BCUT2D eigenvalue weighted by molar-refractivity contribution is -0.130. The van der Waals surface area contributed by atoms with Gasteiger partial charge in [-0.05, 0) is 36.6 Å². The molecule has 1 unspecified atom stereocenters. The van der Waals surface area contributed by atoms with Gasteiger partial charge in [0.05, 0.1) is 25.3 Å². The van der Waals surface area contributed by atoms with Gasteiger partial charge in [-0.15, -0.1) is 0 Å². The summed E-state index contributed by atoms with van der Waals surface area (Å²) in [6.45, 7) is -0.525. The first-order valence-electron chi connectivity index (χ1n) is 10.1. The minimum Gasteiger partial charge on any atom is -0.465 e. The third-order valence-electron chi connectivity index (χ3n) is 5.03. The van der Waals surface area contributed by atoms with Crippen molar-refractivity contribution in [1.82, 2.24) is 10.2 Å². The number of hydrogen-bond donors (Lipinski definition) is 2. The molecular formula is C23H23N3O7. The van der Waals surface area contributed by atoms with E-state index in [1.54, 1.807) is 0 Å². The molecule has 2 aromatic carbocycles. The monoisotopic (exact) mass is 453 g/mol. The third kappa shape index (κ3) is 5.73. The lowest BCUT2D eigenvalue weighted by atomic mass is 10.1. The average Bonchev–Trinajstić information content (AvgIpc) is 3.09. The predicted octanol–water partition coefficient (Wildman–Crippen LogP) is 1.75. The molecule has 1 atom stereocenters. The van der Waals surface area contributed by atoms with Gasteiger partial charge in [-0.1, -0.05) is 30.3 Å². The summed E-state index contributed by atoms with van der Waals surface area (Å²) in [5, 5.41) is 5.08. The zero-order valence-electron chi connectivity index (χ0n) is 18.1. The highest BCUT2D eigenvalue weighted by Crippen LogP contribution is 2.18. The molecule has 0 bridgehead atoms. The molecule has 10 nitrogen and oxygen atoms in total. The number of aryl methyl sites for hydroxylation is 1. The number of esters is 2. The Kier molecular flexibility index (Phi) is 7.39. The van der Waals surface area contributed by atoms with Gasteiger partial charge in [-0.2, -0.15) is 0 Å². The summed E-state index contributed by atoms with van der Waals surface area (Å²) in [6, 6.07) is 12.0. The zero-order chi connectivity index (χ0) is 24.0. The van der Waals surface area contributed by atoms with Crippen LogP contribution >= 0.6 is 0 Å². The number of carbonyl (C=O) groups is 5.